The van der Waals surface area contributed by atoms with E-state index in [0.29, 0.717) is 22.2 Å². The van der Waals surface area contributed by atoms with Gasteiger partial charge in [0.2, 0.25) is 0 Å². The summed E-state index contributed by atoms with van der Waals surface area (Å²) in [5, 5.41) is 11.5. The molecule has 34 heavy (non-hydrogen) atoms. The number of nitrogens with zero attached hydrogens (tertiary/aromatic N) is 2. The monoisotopic (exact) mass is 476 g/mol. The number of carbonyl (C=O) groups excluding carboxylic acids is 1. The Morgan fingerprint density at radius 3 is 2.35 bits per heavy atom. The molecule has 0 bridgehead atoms. The molecule has 0 saturated carbocycles. The second kappa shape index (κ2) is 8.30. The molecule has 0 unspecified atom stereocenters. The Kier molecular flexibility index (Phi) is 5.42. The van der Waals surface area contributed by atoms with E-state index in [1.807, 2.05) is 12.1 Å². The van der Waals surface area contributed by atoms with E-state index in [0.717, 1.165) is 5.39 Å². The first kappa shape index (κ1) is 22.2. The Hall–Kier alpha value is -3.62. The normalized spacial score (nSPS) is 15.2. The van der Waals surface area contributed by atoms with Gasteiger partial charge < -0.3 is 10.0 Å². The number of β-amino-alcohol motifs (C(OH)–C–C–N with tert-alkyl or cyclic N) is 1. The van der Waals surface area contributed by atoms with E-state index in [2.05, 4.69) is 4.98 Å². The van der Waals surface area contributed by atoms with Crippen molar-refractivity contribution >= 4 is 26.6 Å². The van der Waals surface area contributed by atoms with E-state index in [1.165, 1.54) is 29.2 Å². The van der Waals surface area contributed by atoms with Gasteiger partial charge in [0.05, 0.1) is 29.3 Å². The summed E-state index contributed by atoms with van der Waals surface area (Å²) in [7, 11) is -3.65. The zero-order valence-electron chi connectivity index (χ0n) is 18.1. The Labute approximate surface area is 196 Å². The van der Waals surface area contributed by atoms with Crippen LogP contribution in [0.5, 0.6) is 0 Å². The van der Waals surface area contributed by atoms with Crippen LogP contribution in [0.2, 0.25) is 0 Å². The highest BCUT2D eigenvalue weighted by molar-refractivity contribution is 7.90. The van der Waals surface area contributed by atoms with Crippen LogP contribution in [0.25, 0.3) is 10.9 Å². The number of likely N-dealkylation sites (tertiary alicyclic amines) is 1. The van der Waals surface area contributed by atoms with Crippen molar-refractivity contribution in [2.24, 2.45) is 0 Å². The number of para-hydroxylation sites is 1. The molecule has 5 rings (SSSR count). The summed E-state index contributed by atoms with van der Waals surface area (Å²) in [6.45, 7) is 0.198. The van der Waals surface area contributed by atoms with Crippen LogP contribution >= 0.6 is 0 Å². The lowest BCUT2D eigenvalue weighted by molar-refractivity contribution is -0.0863. The van der Waals surface area contributed by atoms with Crippen LogP contribution in [0.15, 0.2) is 90.0 Å². The van der Waals surface area contributed by atoms with Crippen molar-refractivity contribution in [3.8, 4) is 0 Å². The number of aromatic nitrogens is 1. The predicted molar refractivity (Wildman–Crippen MR) is 125 cm³/mol. The Balaban J connectivity index is 1.28. The van der Waals surface area contributed by atoms with Crippen molar-refractivity contribution in [2.45, 2.75) is 16.2 Å². The largest absolute Gasteiger partial charge is 0.381 e. The van der Waals surface area contributed by atoms with Gasteiger partial charge in [-0.15, -0.1) is 0 Å². The maximum Gasteiger partial charge on any atom is 0.254 e. The van der Waals surface area contributed by atoms with E-state index in [1.54, 1.807) is 48.7 Å². The zero-order valence-corrected chi connectivity index (χ0v) is 18.9. The van der Waals surface area contributed by atoms with Crippen molar-refractivity contribution in [1.29, 1.82) is 0 Å². The smallest absolute Gasteiger partial charge is 0.254 e. The molecule has 1 fully saturated rings. The molecule has 0 aliphatic carbocycles. The van der Waals surface area contributed by atoms with Gasteiger partial charge in [0, 0.05) is 17.1 Å². The average Bonchev–Trinajstić information content (AvgIpc) is 2.82. The zero-order chi connectivity index (χ0) is 23.9. The molecule has 1 saturated heterocycles. The number of benzene rings is 3. The van der Waals surface area contributed by atoms with Gasteiger partial charge in [0.25, 0.3) is 5.91 Å². The highest BCUT2D eigenvalue weighted by Crippen LogP contribution is 2.33. The number of sulfone groups is 1. The summed E-state index contributed by atoms with van der Waals surface area (Å²) in [5.74, 6) is -0.872. The minimum atomic E-state index is -3.65. The molecule has 3 aromatic carbocycles. The molecular formula is C26H21FN2O4S. The molecule has 1 aromatic heterocycles. The quantitative estimate of drug-likeness (QED) is 0.475. The fourth-order valence-corrected chi connectivity index (χ4v) is 5.76. The number of carbonyl (C=O) groups is 1. The molecule has 8 heteroatoms. The fraction of sp³-hybridized carbons (Fsp3) is 0.154. The molecule has 1 aliphatic heterocycles. The average molecular weight is 477 g/mol. The summed E-state index contributed by atoms with van der Waals surface area (Å²) in [5.41, 5.74) is 0.735. The highest BCUT2D eigenvalue weighted by Gasteiger charge is 2.45. The van der Waals surface area contributed by atoms with Crippen LogP contribution in [0.4, 0.5) is 4.39 Å². The Bertz CT molecular complexity index is 1470. The standard InChI is InChI=1S/C26H21FN2O4S/c27-22-12-10-21(11-13-22)26(31)16-29(17-26)25(30)20-8-6-18(7-9-20)15-34(32,33)23-5-1-3-19-4-2-14-28-24(19)23/h1-14,31H,15-17H2. The molecule has 172 valence electrons. The lowest BCUT2D eigenvalue weighted by Gasteiger charge is -2.46. The van der Waals surface area contributed by atoms with E-state index in [-0.39, 0.29) is 29.6 Å². The third kappa shape index (κ3) is 4.06. The van der Waals surface area contributed by atoms with E-state index < -0.39 is 21.3 Å². The molecule has 4 aromatic rings. The van der Waals surface area contributed by atoms with Crippen molar-refractivity contribution in [3.63, 3.8) is 0 Å². The third-order valence-corrected chi connectivity index (χ3v) is 7.77. The van der Waals surface area contributed by atoms with Crippen LogP contribution in [-0.2, 0) is 21.2 Å². The van der Waals surface area contributed by atoms with Crippen LogP contribution < -0.4 is 0 Å². The lowest BCUT2D eigenvalue weighted by Crippen LogP contribution is -2.61. The SMILES string of the molecule is O=C(c1ccc(CS(=O)(=O)c2cccc3cccnc23)cc1)N1CC(O)(c2ccc(F)cc2)C1. The molecule has 0 spiro atoms. The maximum atomic E-state index is 13.1. The molecule has 1 amide bonds. The molecule has 1 N–H and O–H groups in total. The van der Waals surface area contributed by atoms with Gasteiger partial charge in [-0.05, 0) is 47.5 Å². The van der Waals surface area contributed by atoms with E-state index in [4.69, 9.17) is 0 Å². The van der Waals surface area contributed by atoms with E-state index in [9.17, 15) is 22.7 Å². The summed E-state index contributed by atoms with van der Waals surface area (Å²) < 4.78 is 39.3. The first-order valence-corrected chi connectivity index (χ1v) is 12.3. The maximum absolute atomic E-state index is 13.1. The summed E-state index contributed by atoms with van der Waals surface area (Å²) >= 11 is 0. The van der Waals surface area contributed by atoms with Crippen LogP contribution in [0, 0.1) is 5.82 Å². The van der Waals surface area contributed by atoms with Crippen molar-refractivity contribution in [1.82, 2.24) is 9.88 Å². The Morgan fingerprint density at radius 1 is 0.971 bits per heavy atom. The molecule has 1 aliphatic rings. The van der Waals surface area contributed by atoms with Crippen molar-refractivity contribution in [3.05, 3.63) is 108 Å². The number of amides is 1. The van der Waals surface area contributed by atoms with Crippen LogP contribution in [-0.4, -0.2) is 42.4 Å². The van der Waals surface area contributed by atoms with E-state index >= 15 is 0 Å². The summed E-state index contributed by atoms with van der Waals surface area (Å²) in [6.07, 6.45) is 1.56. The minimum Gasteiger partial charge on any atom is -0.381 e. The Morgan fingerprint density at radius 2 is 1.65 bits per heavy atom. The van der Waals surface area contributed by atoms with Crippen LogP contribution in [0.1, 0.15) is 21.5 Å². The fourth-order valence-electron chi connectivity index (χ4n) is 4.22. The van der Waals surface area contributed by atoms with Crippen molar-refractivity contribution < 1.29 is 22.7 Å². The number of fused-ring (bicyclic) bond motifs is 1. The van der Waals surface area contributed by atoms with Gasteiger partial charge in [-0.3, -0.25) is 9.78 Å². The van der Waals surface area contributed by atoms with Crippen LogP contribution in [0.3, 0.4) is 0 Å². The first-order valence-electron chi connectivity index (χ1n) is 10.7. The number of hydrogen-bond donors (Lipinski definition) is 1. The lowest BCUT2D eigenvalue weighted by atomic mass is 9.85. The molecule has 0 radical (unpaired) electrons. The van der Waals surface area contributed by atoms with Gasteiger partial charge in [-0.1, -0.05) is 42.5 Å². The number of pyridine rings is 1. The number of rotatable bonds is 5. The molecule has 0 atom stereocenters. The third-order valence-electron chi connectivity index (χ3n) is 6.06. The summed E-state index contributed by atoms with van der Waals surface area (Å²) in [6, 6.07) is 20.6. The molecular weight excluding hydrogens is 455 g/mol. The number of hydrogen-bond acceptors (Lipinski definition) is 5. The highest BCUT2D eigenvalue weighted by atomic mass is 32.2. The van der Waals surface area contributed by atoms with Gasteiger partial charge in [-0.25, -0.2) is 12.8 Å². The second-order valence-electron chi connectivity index (χ2n) is 8.49. The van der Waals surface area contributed by atoms with Gasteiger partial charge >= 0.3 is 0 Å². The second-order valence-corrected chi connectivity index (χ2v) is 10.4. The molecule has 6 nitrogen and oxygen atoms in total. The minimum absolute atomic E-state index is 0.0989. The van der Waals surface area contributed by atoms with Crippen molar-refractivity contribution in [2.75, 3.05) is 13.1 Å². The molecule has 2 heterocycles. The topological polar surface area (TPSA) is 87.6 Å². The first-order chi connectivity index (χ1) is 16.2. The number of aliphatic hydroxyl groups is 1. The van der Waals surface area contributed by atoms with Gasteiger partial charge in [-0.2, -0.15) is 0 Å². The van der Waals surface area contributed by atoms with Gasteiger partial charge in [0.1, 0.15) is 11.4 Å². The number of halogens is 1. The summed E-state index contributed by atoms with van der Waals surface area (Å²) in [4.78, 5) is 18.7. The predicted octanol–water partition coefficient (Wildman–Crippen LogP) is 3.69. The van der Waals surface area contributed by atoms with Gasteiger partial charge in [0.15, 0.2) is 9.84 Å².